The van der Waals surface area contributed by atoms with Crippen molar-refractivity contribution in [2.24, 2.45) is 4.99 Å². The standard InChI is InChI=1S/C15H26N4O2.HI/c1-16-14(17-10-13-4-7-21-11-13)18-12-15(19(2)3)5-8-20-9-6-15;/h4,7,11H,5-6,8-10,12H2,1-3H3,(H2,16,17,18);1H. The van der Waals surface area contributed by atoms with E-state index in [9.17, 15) is 0 Å². The second-order valence-corrected chi connectivity index (χ2v) is 5.64. The topological polar surface area (TPSA) is 62.0 Å². The molecule has 1 aliphatic rings. The quantitative estimate of drug-likeness (QED) is 0.430. The van der Waals surface area contributed by atoms with Gasteiger partial charge in [-0.2, -0.15) is 0 Å². The molecular weight excluding hydrogens is 395 g/mol. The number of nitrogens with one attached hydrogen (secondary N) is 2. The lowest BCUT2D eigenvalue weighted by Gasteiger charge is -2.43. The van der Waals surface area contributed by atoms with Crippen molar-refractivity contribution in [3.05, 3.63) is 24.2 Å². The number of likely N-dealkylation sites (N-methyl/N-ethyl adjacent to an activating group) is 1. The number of furan rings is 1. The Morgan fingerprint density at radius 2 is 2.05 bits per heavy atom. The second kappa shape index (κ2) is 9.36. The summed E-state index contributed by atoms with van der Waals surface area (Å²) < 4.78 is 10.6. The molecule has 0 aromatic carbocycles. The maximum atomic E-state index is 5.49. The van der Waals surface area contributed by atoms with Gasteiger partial charge in [-0.05, 0) is 33.0 Å². The molecule has 0 spiro atoms. The number of guanidine groups is 1. The zero-order valence-electron chi connectivity index (χ0n) is 13.6. The summed E-state index contributed by atoms with van der Waals surface area (Å²) in [5.41, 5.74) is 1.23. The number of aliphatic imine (C=N–C) groups is 1. The van der Waals surface area contributed by atoms with Crippen molar-refractivity contribution in [3.63, 3.8) is 0 Å². The first-order chi connectivity index (χ1) is 10.2. The van der Waals surface area contributed by atoms with E-state index in [2.05, 4.69) is 34.6 Å². The number of hydrogen-bond donors (Lipinski definition) is 2. The van der Waals surface area contributed by atoms with Gasteiger partial charge in [0.05, 0.1) is 12.5 Å². The highest BCUT2D eigenvalue weighted by Crippen LogP contribution is 2.24. The van der Waals surface area contributed by atoms with E-state index in [-0.39, 0.29) is 29.5 Å². The maximum absolute atomic E-state index is 5.49. The first-order valence-corrected chi connectivity index (χ1v) is 7.37. The number of rotatable bonds is 5. The summed E-state index contributed by atoms with van der Waals surface area (Å²) >= 11 is 0. The van der Waals surface area contributed by atoms with Gasteiger partial charge in [0, 0.05) is 44.5 Å². The molecule has 1 aromatic heterocycles. The molecule has 0 radical (unpaired) electrons. The molecule has 0 unspecified atom stereocenters. The molecule has 2 N–H and O–H groups in total. The van der Waals surface area contributed by atoms with Crippen LogP contribution in [0.5, 0.6) is 0 Å². The van der Waals surface area contributed by atoms with Crippen molar-refractivity contribution in [1.82, 2.24) is 15.5 Å². The first-order valence-electron chi connectivity index (χ1n) is 7.37. The Morgan fingerprint density at radius 1 is 1.32 bits per heavy atom. The molecule has 6 nitrogen and oxygen atoms in total. The lowest BCUT2D eigenvalue weighted by atomic mass is 9.88. The Labute approximate surface area is 149 Å². The van der Waals surface area contributed by atoms with Crippen molar-refractivity contribution in [2.45, 2.75) is 24.9 Å². The molecule has 0 bridgehead atoms. The monoisotopic (exact) mass is 422 g/mol. The summed E-state index contributed by atoms with van der Waals surface area (Å²) in [4.78, 5) is 6.57. The second-order valence-electron chi connectivity index (χ2n) is 5.64. The van der Waals surface area contributed by atoms with Gasteiger partial charge >= 0.3 is 0 Å². The van der Waals surface area contributed by atoms with E-state index in [1.807, 2.05) is 6.07 Å². The van der Waals surface area contributed by atoms with Crippen LogP contribution in [0.25, 0.3) is 0 Å². The molecule has 0 saturated carbocycles. The number of hydrogen-bond acceptors (Lipinski definition) is 4. The molecule has 1 aromatic rings. The zero-order chi connectivity index (χ0) is 15.1. The number of nitrogens with zero attached hydrogens (tertiary/aromatic N) is 2. The van der Waals surface area contributed by atoms with Gasteiger partial charge in [-0.1, -0.05) is 0 Å². The smallest absolute Gasteiger partial charge is 0.191 e. The summed E-state index contributed by atoms with van der Waals surface area (Å²) in [6.45, 7) is 3.20. The Bertz CT molecular complexity index is 442. The van der Waals surface area contributed by atoms with Crippen LogP contribution < -0.4 is 10.6 Å². The molecule has 126 valence electrons. The Kier molecular flexibility index (Phi) is 8.19. The third kappa shape index (κ3) is 5.13. The molecule has 1 aliphatic heterocycles. The minimum absolute atomic E-state index is 0. The van der Waals surface area contributed by atoms with E-state index >= 15 is 0 Å². The highest BCUT2D eigenvalue weighted by atomic mass is 127. The minimum atomic E-state index is 0. The third-order valence-electron chi connectivity index (χ3n) is 4.22. The normalized spacial score (nSPS) is 17.9. The fraction of sp³-hybridized carbons (Fsp3) is 0.667. The van der Waals surface area contributed by atoms with Crippen molar-refractivity contribution < 1.29 is 9.15 Å². The van der Waals surface area contributed by atoms with Crippen LogP contribution in [0.2, 0.25) is 0 Å². The Morgan fingerprint density at radius 3 is 2.59 bits per heavy atom. The third-order valence-corrected chi connectivity index (χ3v) is 4.22. The molecule has 0 atom stereocenters. The SMILES string of the molecule is CN=C(NCc1ccoc1)NCC1(N(C)C)CCOCC1.I. The van der Waals surface area contributed by atoms with Crippen LogP contribution in [-0.2, 0) is 11.3 Å². The molecule has 22 heavy (non-hydrogen) atoms. The van der Waals surface area contributed by atoms with Gasteiger partial charge in [-0.3, -0.25) is 4.99 Å². The lowest BCUT2D eigenvalue weighted by Crippen LogP contribution is -2.57. The van der Waals surface area contributed by atoms with Crippen LogP contribution in [0, 0.1) is 0 Å². The van der Waals surface area contributed by atoms with Crippen molar-refractivity contribution in [2.75, 3.05) is 40.9 Å². The molecule has 1 saturated heterocycles. The van der Waals surface area contributed by atoms with Crippen LogP contribution in [-0.4, -0.2) is 57.3 Å². The van der Waals surface area contributed by atoms with Crippen molar-refractivity contribution in [1.29, 1.82) is 0 Å². The van der Waals surface area contributed by atoms with Crippen LogP contribution in [0.1, 0.15) is 18.4 Å². The summed E-state index contributed by atoms with van der Waals surface area (Å²) in [6.07, 6.45) is 5.48. The maximum Gasteiger partial charge on any atom is 0.191 e. The average molecular weight is 422 g/mol. The van der Waals surface area contributed by atoms with Crippen LogP contribution in [0.15, 0.2) is 28.0 Å². The van der Waals surface area contributed by atoms with Crippen LogP contribution in [0.3, 0.4) is 0 Å². The molecule has 7 heteroatoms. The van der Waals surface area contributed by atoms with Gasteiger partial charge in [0.2, 0.25) is 0 Å². The van der Waals surface area contributed by atoms with E-state index in [1.54, 1.807) is 19.6 Å². The summed E-state index contributed by atoms with van der Waals surface area (Å²) in [5, 5.41) is 6.73. The van der Waals surface area contributed by atoms with E-state index in [4.69, 9.17) is 9.15 Å². The molecule has 0 amide bonds. The molecule has 0 aliphatic carbocycles. The van der Waals surface area contributed by atoms with Gasteiger partial charge < -0.3 is 24.7 Å². The van der Waals surface area contributed by atoms with Crippen molar-refractivity contribution >= 4 is 29.9 Å². The van der Waals surface area contributed by atoms with E-state index in [0.29, 0.717) is 6.54 Å². The minimum Gasteiger partial charge on any atom is -0.472 e. The van der Waals surface area contributed by atoms with Crippen LogP contribution in [0.4, 0.5) is 0 Å². The molecule has 1 fully saturated rings. The van der Waals surface area contributed by atoms with E-state index in [0.717, 1.165) is 44.1 Å². The van der Waals surface area contributed by atoms with Crippen LogP contribution >= 0.6 is 24.0 Å². The fourth-order valence-electron chi connectivity index (χ4n) is 2.58. The molecule has 2 heterocycles. The Hall–Kier alpha value is -0.800. The largest absolute Gasteiger partial charge is 0.472 e. The first kappa shape index (κ1) is 19.2. The number of ether oxygens (including phenoxy) is 1. The van der Waals surface area contributed by atoms with Gasteiger partial charge in [-0.15, -0.1) is 24.0 Å². The predicted octanol–water partition coefficient (Wildman–Crippen LogP) is 1.67. The highest BCUT2D eigenvalue weighted by molar-refractivity contribution is 14.0. The Balaban J connectivity index is 0.00000242. The molecular formula is C15H27IN4O2. The summed E-state index contributed by atoms with van der Waals surface area (Å²) in [7, 11) is 6.06. The lowest BCUT2D eigenvalue weighted by molar-refractivity contribution is -0.00501. The number of halogens is 1. The average Bonchev–Trinajstić information content (AvgIpc) is 3.01. The van der Waals surface area contributed by atoms with E-state index in [1.165, 1.54) is 0 Å². The summed E-state index contributed by atoms with van der Waals surface area (Å²) in [5.74, 6) is 0.809. The van der Waals surface area contributed by atoms with Gasteiger partial charge in [0.25, 0.3) is 0 Å². The van der Waals surface area contributed by atoms with E-state index < -0.39 is 0 Å². The van der Waals surface area contributed by atoms with Gasteiger partial charge in [-0.25, -0.2) is 0 Å². The van der Waals surface area contributed by atoms with Gasteiger partial charge in [0.1, 0.15) is 0 Å². The van der Waals surface area contributed by atoms with Crippen molar-refractivity contribution in [3.8, 4) is 0 Å². The van der Waals surface area contributed by atoms with Gasteiger partial charge in [0.15, 0.2) is 5.96 Å². The molecule has 2 rings (SSSR count). The predicted molar refractivity (Wildman–Crippen MR) is 98.8 cm³/mol. The fourth-order valence-corrected chi connectivity index (χ4v) is 2.58. The summed E-state index contributed by atoms with van der Waals surface area (Å²) in [6, 6.07) is 1.94. The zero-order valence-corrected chi connectivity index (χ0v) is 15.9. The highest BCUT2D eigenvalue weighted by Gasteiger charge is 2.34.